The molecule has 0 spiro atoms. The topological polar surface area (TPSA) is 0 Å². The summed E-state index contributed by atoms with van der Waals surface area (Å²) in [7, 11) is -2.07. The molecule has 0 atom stereocenters. The van der Waals surface area contributed by atoms with Gasteiger partial charge in [0.25, 0.3) is 0 Å². The van der Waals surface area contributed by atoms with E-state index in [4.69, 9.17) is 0 Å². The van der Waals surface area contributed by atoms with Crippen molar-refractivity contribution in [2.75, 3.05) is 11.5 Å². The Labute approximate surface area is 347 Å². The molecule has 0 saturated heterocycles. The minimum absolute atomic E-state index is 0. The van der Waals surface area contributed by atoms with E-state index in [1.807, 2.05) is 0 Å². The average molecular weight is 879 g/mol. The Balaban J connectivity index is 0.000000175. The maximum Gasteiger partial charge on any atom is 0.112 e. The number of hydrogen-bond acceptors (Lipinski definition) is 0. The molecule has 2 aliphatic rings. The predicted octanol–water partition coefficient (Wildman–Crippen LogP) is 8.97. The second kappa shape index (κ2) is 23.3. The Morgan fingerprint density at radius 3 is 0.944 bits per heavy atom. The third-order valence-electron chi connectivity index (χ3n) is 10.8. The Kier molecular flexibility index (Phi) is 18.2. The van der Waals surface area contributed by atoms with Crippen LogP contribution in [0.5, 0.6) is 0 Å². The van der Waals surface area contributed by atoms with Crippen molar-refractivity contribution < 1.29 is 17.0 Å². The van der Waals surface area contributed by atoms with Gasteiger partial charge in [0.1, 0.15) is 23.2 Å². The minimum atomic E-state index is -1.62. The average Bonchev–Trinajstić information content (AvgIpc) is 3.26. The van der Waals surface area contributed by atoms with E-state index in [1.165, 1.54) is 108 Å². The fourth-order valence-electron chi connectivity index (χ4n) is 8.09. The fraction of sp³-hybridized carbons (Fsp3) is 0.280. The zero-order chi connectivity index (χ0) is 36.4. The molecule has 0 N–H and O–H groups in total. The third-order valence-corrected chi connectivity index (χ3v) is 18.8. The lowest BCUT2D eigenvalue weighted by molar-refractivity contribution is -0.0000103. The summed E-state index contributed by atoms with van der Waals surface area (Å²) < 4.78 is 0. The van der Waals surface area contributed by atoms with Gasteiger partial charge in [0.2, 0.25) is 0 Å². The SMILES string of the molecule is BrCC1CCCCC1.[Br-].c1ccc(P(c2ccccc2)c2ccccc2)cc1.c1ccc([P+](CC2CCCCC2)(c2ccccc2)c2ccccc2)cc1. The van der Waals surface area contributed by atoms with Crippen LogP contribution in [0, 0.1) is 11.8 Å². The summed E-state index contributed by atoms with van der Waals surface area (Å²) in [5.41, 5.74) is 0. The lowest BCUT2D eigenvalue weighted by Crippen LogP contribution is -3.00. The molecule has 2 saturated carbocycles. The quantitative estimate of drug-likeness (QED) is 0.101. The number of halogens is 2. The number of rotatable bonds is 9. The minimum Gasteiger partial charge on any atom is -1.00 e. The molecule has 54 heavy (non-hydrogen) atoms. The van der Waals surface area contributed by atoms with E-state index in [2.05, 4.69) is 198 Å². The van der Waals surface area contributed by atoms with Gasteiger partial charge in [-0.25, -0.2) is 0 Å². The molecule has 0 unspecified atom stereocenters. The molecule has 0 bridgehead atoms. The van der Waals surface area contributed by atoms with E-state index in [0.29, 0.717) is 0 Å². The molecule has 2 fully saturated rings. The van der Waals surface area contributed by atoms with Gasteiger partial charge in [-0.15, -0.1) is 0 Å². The molecular weight excluding hydrogens is 822 g/mol. The molecule has 0 aliphatic heterocycles. The first-order chi connectivity index (χ1) is 26.3. The summed E-state index contributed by atoms with van der Waals surface area (Å²) in [6, 6.07) is 66.3. The fourth-order valence-corrected chi connectivity index (χ4v) is 15.8. The predicted molar refractivity (Wildman–Crippen MR) is 242 cm³/mol. The van der Waals surface area contributed by atoms with E-state index in [9.17, 15) is 0 Å². The zero-order valence-electron chi connectivity index (χ0n) is 31.6. The molecule has 4 heteroatoms. The summed E-state index contributed by atoms with van der Waals surface area (Å²) >= 11 is 3.51. The van der Waals surface area contributed by atoms with Crippen molar-refractivity contribution in [3.63, 3.8) is 0 Å². The van der Waals surface area contributed by atoms with Crippen molar-refractivity contribution in [1.82, 2.24) is 0 Å². The Bertz CT molecular complexity index is 1640. The first-order valence-corrected chi connectivity index (χ1v) is 24.3. The van der Waals surface area contributed by atoms with E-state index in [-0.39, 0.29) is 17.0 Å². The van der Waals surface area contributed by atoms with Gasteiger partial charge in [0.15, 0.2) is 0 Å². The molecular formula is C50H56Br2P2. The molecule has 6 aromatic rings. The van der Waals surface area contributed by atoms with E-state index < -0.39 is 15.2 Å². The number of alkyl halides is 1. The zero-order valence-corrected chi connectivity index (χ0v) is 36.6. The summed E-state index contributed by atoms with van der Waals surface area (Å²) in [6.07, 6.45) is 15.7. The molecule has 0 amide bonds. The van der Waals surface area contributed by atoms with Crippen molar-refractivity contribution >= 4 is 62.9 Å². The number of benzene rings is 6. The van der Waals surface area contributed by atoms with Gasteiger partial charge in [-0.05, 0) is 97.8 Å². The highest BCUT2D eigenvalue weighted by molar-refractivity contribution is 9.09. The van der Waals surface area contributed by atoms with Gasteiger partial charge in [0, 0.05) is 5.33 Å². The van der Waals surface area contributed by atoms with Gasteiger partial charge in [-0.3, -0.25) is 0 Å². The van der Waals surface area contributed by atoms with Crippen molar-refractivity contribution in [2.45, 2.75) is 64.2 Å². The van der Waals surface area contributed by atoms with Crippen LogP contribution in [0.2, 0.25) is 0 Å². The second-order valence-corrected chi connectivity index (χ2v) is 20.9. The molecule has 0 nitrogen and oxygen atoms in total. The van der Waals surface area contributed by atoms with E-state index in [0.717, 1.165) is 11.8 Å². The maximum atomic E-state index is 3.51. The highest BCUT2D eigenvalue weighted by Gasteiger charge is 2.46. The van der Waals surface area contributed by atoms with Crippen LogP contribution in [0.1, 0.15) is 64.2 Å². The van der Waals surface area contributed by atoms with Crippen LogP contribution in [-0.4, -0.2) is 11.5 Å². The smallest absolute Gasteiger partial charge is 0.112 e. The first-order valence-electron chi connectivity index (χ1n) is 19.8. The standard InChI is InChI=1S/C25H28P.C18H15P.C7H13Br.BrH/c1-5-13-22(14-6-1)21-26(23-15-7-2-8-16-23,24-17-9-3-10-18-24)25-19-11-4-12-20-25;1-4-10-16(11-5-1)19(17-12-6-2-7-13-17)18-14-8-3-9-15-18;8-6-7-4-2-1-3-5-7;/h2-4,7-12,15-20,22H,1,5-6,13-14,21H2;1-15H;7H,1-6H2;1H/q+1;;;/p-1. The van der Waals surface area contributed by atoms with Gasteiger partial charge in [-0.2, -0.15) is 0 Å². The highest BCUT2D eigenvalue weighted by Crippen LogP contribution is 2.57. The lowest BCUT2D eigenvalue weighted by atomic mass is 9.91. The first kappa shape index (κ1) is 42.3. The van der Waals surface area contributed by atoms with Gasteiger partial charge in [0.05, 0.1) is 6.16 Å². The Morgan fingerprint density at radius 2 is 0.667 bits per heavy atom. The molecule has 0 radical (unpaired) electrons. The highest BCUT2D eigenvalue weighted by atomic mass is 79.9. The normalized spacial score (nSPS) is 14.8. The largest absolute Gasteiger partial charge is 1.00 e. The van der Waals surface area contributed by atoms with Crippen LogP contribution in [0.25, 0.3) is 0 Å². The van der Waals surface area contributed by atoms with Crippen LogP contribution in [0.4, 0.5) is 0 Å². The molecule has 2 aliphatic carbocycles. The van der Waals surface area contributed by atoms with Gasteiger partial charge < -0.3 is 17.0 Å². The monoisotopic (exact) mass is 876 g/mol. The van der Waals surface area contributed by atoms with Crippen molar-refractivity contribution in [2.24, 2.45) is 11.8 Å². The molecule has 0 aromatic heterocycles. The molecule has 0 heterocycles. The maximum absolute atomic E-state index is 3.51. The van der Waals surface area contributed by atoms with Crippen LogP contribution in [0.3, 0.4) is 0 Å². The van der Waals surface area contributed by atoms with Crippen LogP contribution in [0.15, 0.2) is 182 Å². The lowest BCUT2D eigenvalue weighted by Gasteiger charge is -2.32. The summed E-state index contributed by atoms with van der Waals surface area (Å²) in [4.78, 5) is 0. The van der Waals surface area contributed by atoms with Gasteiger partial charge in [-0.1, -0.05) is 200 Å². The van der Waals surface area contributed by atoms with E-state index >= 15 is 0 Å². The Morgan fingerprint density at radius 1 is 0.389 bits per heavy atom. The van der Waals surface area contributed by atoms with Crippen molar-refractivity contribution in [1.29, 1.82) is 0 Å². The van der Waals surface area contributed by atoms with E-state index in [1.54, 1.807) is 0 Å². The third kappa shape index (κ3) is 11.8. The van der Waals surface area contributed by atoms with Crippen LogP contribution < -0.4 is 48.8 Å². The van der Waals surface area contributed by atoms with Crippen LogP contribution >= 0.6 is 31.1 Å². The van der Waals surface area contributed by atoms with Crippen molar-refractivity contribution in [3.05, 3.63) is 182 Å². The summed E-state index contributed by atoms with van der Waals surface area (Å²) in [5.74, 6) is 1.85. The van der Waals surface area contributed by atoms with Crippen molar-refractivity contribution in [3.8, 4) is 0 Å². The molecule has 6 aromatic carbocycles. The molecule has 280 valence electrons. The van der Waals surface area contributed by atoms with Gasteiger partial charge >= 0.3 is 0 Å². The van der Waals surface area contributed by atoms with Crippen LogP contribution in [-0.2, 0) is 0 Å². The second-order valence-electron chi connectivity index (χ2n) is 14.5. The summed E-state index contributed by atoms with van der Waals surface area (Å²) in [6.45, 7) is 0. The Hall–Kier alpha value is -2.86. The molecule has 8 rings (SSSR count). The summed E-state index contributed by atoms with van der Waals surface area (Å²) in [5, 5.41) is 10.0. The number of hydrogen-bond donors (Lipinski definition) is 0.